The summed E-state index contributed by atoms with van der Waals surface area (Å²) in [5, 5.41) is 0. The van der Waals surface area contributed by atoms with Gasteiger partial charge in [-0.25, -0.2) is 4.98 Å². The molecule has 0 bridgehead atoms. The monoisotopic (exact) mass is 408 g/mol. The molecular formula is C22H24N4O4. The number of para-hydroxylation sites is 2. The zero-order valence-corrected chi connectivity index (χ0v) is 16.8. The molecule has 1 saturated heterocycles. The lowest BCUT2D eigenvalue weighted by atomic mass is 10.2. The Bertz CT molecular complexity index is 1060. The number of hydrogen-bond acceptors (Lipinski definition) is 6. The van der Waals surface area contributed by atoms with E-state index in [2.05, 4.69) is 14.9 Å². The zero-order chi connectivity index (χ0) is 20.5. The second-order valence-electron chi connectivity index (χ2n) is 7.53. The summed E-state index contributed by atoms with van der Waals surface area (Å²) in [5.41, 5.74) is 1.89. The number of fused-ring (bicyclic) bond motifs is 2. The van der Waals surface area contributed by atoms with Crippen LogP contribution in [0.1, 0.15) is 5.82 Å². The van der Waals surface area contributed by atoms with Crippen LogP contribution in [0.2, 0.25) is 0 Å². The second kappa shape index (κ2) is 7.87. The van der Waals surface area contributed by atoms with E-state index in [1.54, 1.807) is 7.11 Å². The summed E-state index contributed by atoms with van der Waals surface area (Å²) in [6.07, 6.45) is -0.586. The van der Waals surface area contributed by atoms with Gasteiger partial charge in [-0.3, -0.25) is 9.69 Å². The highest BCUT2D eigenvalue weighted by Crippen LogP contribution is 2.31. The van der Waals surface area contributed by atoms with E-state index >= 15 is 0 Å². The van der Waals surface area contributed by atoms with Crippen LogP contribution in [0, 0.1) is 0 Å². The number of piperazine rings is 1. The Kier molecular flexibility index (Phi) is 4.92. The van der Waals surface area contributed by atoms with Crippen molar-refractivity contribution in [1.82, 2.24) is 19.8 Å². The smallest absolute Gasteiger partial charge is 0.267 e. The minimum atomic E-state index is -0.586. The lowest BCUT2D eigenvalue weighted by molar-refractivity contribution is -0.143. The number of imidazole rings is 1. The van der Waals surface area contributed by atoms with Crippen LogP contribution in [0.25, 0.3) is 11.0 Å². The van der Waals surface area contributed by atoms with Gasteiger partial charge in [0.2, 0.25) is 6.10 Å². The number of nitrogens with zero attached hydrogens (tertiary/aromatic N) is 3. The van der Waals surface area contributed by atoms with Gasteiger partial charge < -0.3 is 24.1 Å². The third kappa shape index (κ3) is 3.66. The number of carbonyl (C=O) groups is 1. The molecule has 2 aromatic carbocycles. The van der Waals surface area contributed by atoms with E-state index in [1.165, 1.54) is 0 Å². The lowest BCUT2D eigenvalue weighted by Gasteiger charge is -2.36. The van der Waals surface area contributed by atoms with E-state index in [4.69, 9.17) is 14.2 Å². The number of carbonyl (C=O) groups excluding carboxylic acids is 1. The first-order valence-electron chi connectivity index (χ1n) is 10.1. The van der Waals surface area contributed by atoms with Crippen LogP contribution < -0.4 is 14.2 Å². The fourth-order valence-corrected chi connectivity index (χ4v) is 3.93. The van der Waals surface area contributed by atoms with E-state index in [1.807, 2.05) is 47.4 Å². The molecular weight excluding hydrogens is 384 g/mol. The number of aromatic amines is 1. The third-order valence-corrected chi connectivity index (χ3v) is 5.58. The maximum atomic E-state index is 12.9. The third-order valence-electron chi connectivity index (χ3n) is 5.58. The SMILES string of the molecule is COc1ccc2nc(CN3CCN(C(=O)C4COc5ccccc5O4)CC3)[nH]c2c1. The van der Waals surface area contributed by atoms with Crippen molar-refractivity contribution in [3.63, 3.8) is 0 Å². The van der Waals surface area contributed by atoms with Crippen molar-refractivity contribution in [2.75, 3.05) is 39.9 Å². The Labute approximate surface area is 174 Å². The number of H-pyrrole nitrogens is 1. The normalized spacial score (nSPS) is 19.1. The first kappa shape index (κ1) is 18.7. The molecule has 0 spiro atoms. The lowest BCUT2D eigenvalue weighted by Crippen LogP contribution is -2.53. The molecule has 3 aromatic rings. The number of nitrogens with one attached hydrogen (secondary N) is 1. The first-order valence-corrected chi connectivity index (χ1v) is 10.1. The topological polar surface area (TPSA) is 79.9 Å². The molecule has 0 aliphatic carbocycles. The second-order valence-corrected chi connectivity index (χ2v) is 7.53. The maximum absolute atomic E-state index is 12.9. The summed E-state index contributed by atoms with van der Waals surface area (Å²) >= 11 is 0. The Morgan fingerprint density at radius 1 is 1.17 bits per heavy atom. The van der Waals surface area contributed by atoms with Crippen LogP contribution in [0.5, 0.6) is 17.2 Å². The van der Waals surface area contributed by atoms with Crippen LogP contribution in [-0.2, 0) is 11.3 Å². The largest absolute Gasteiger partial charge is 0.497 e. The summed E-state index contributed by atoms with van der Waals surface area (Å²) < 4.78 is 16.8. The molecule has 1 fully saturated rings. The quantitative estimate of drug-likeness (QED) is 0.712. The molecule has 30 heavy (non-hydrogen) atoms. The van der Waals surface area contributed by atoms with E-state index in [0.29, 0.717) is 24.6 Å². The van der Waals surface area contributed by atoms with Crippen LogP contribution in [0.4, 0.5) is 0 Å². The van der Waals surface area contributed by atoms with Crippen LogP contribution in [0.3, 0.4) is 0 Å². The fourth-order valence-electron chi connectivity index (χ4n) is 3.93. The van der Waals surface area contributed by atoms with Crippen LogP contribution in [0.15, 0.2) is 42.5 Å². The molecule has 5 rings (SSSR count). The van der Waals surface area contributed by atoms with Gasteiger partial charge in [0.25, 0.3) is 5.91 Å². The minimum absolute atomic E-state index is 0.0139. The van der Waals surface area contributed by atoms with Crippen molar-refractivity contribution < 1.29 is 19.0 Å². The average Bonchev–Trinajstić information content (AvgIpc) is 3.20. The molecule has 3 heterocycles. The number of benzene rings is 2. The standard InChI is InChI=1S/C22H24N4O4/c1-28-15-6-7-16-17(12-15)24-21(23-16)13-25-8-10-26(11-9-25)22(27)20-14-29-18-4-2-3-5-19(18)30-20/h2-7,12,20H,8-11,13-14H2,1H3,(H,23,24). The molecule has 0 radical (unpaired) electrons. The van der Waals surface area contributed by atoms with Crippen molar-refractivity contribution in [2.24, 2.45) is 0 Å². The van der Waals surface area contributed by atoms with Crippen molar-refractivity contribution in [1.29, 1.82) is 0 Å². The zero-order valence-electron chi connectivity index (χ0n) is 16.8. The molecule has 2 aliphatic rings. The van der Waals surface area contributed by atoms with Crippen molar-refractivity contribution in [2.45, 2.75) is 12.6 Å². The number of amides is 1. The summed E-state index contributed by atoms with van der Waals surface area (Å²) in [6, 6.07) is 13.3. The highest BCUT2D eigenvalue weighted by molar-refractivity contribution is 5.82. The van der Waals surface area contributed by atoms with Crippen molar-refractivity contribution in [3.05, 3.63) is 48.3 Å². The van der Waals surface area contributed by atoms with Gasteiger partial charge in [0.15, 0.2) is 11.5 Å². The summed E-state index contributed by atoms with van der Waals surface area (Å²) in [5.74, 6) is 3.03. The molecule has 156 valence electrons. The number of hydrogen-bond donors (Lipinski definition) is 1. The van der Waals surface area contributed by atoms with Gasteiger partial charge in [0.05, 0.1) is 24.7 Å². The van der Waals surface area contributed by atoms with E-state index in [9.17, 15) is 4.79 Å². The number of methoxy groups -OCH3 is 1. The molecule has 1 atom stereocenters. The molecule has 1 unspecified atom stereocenters. The molecule has 8 nitrogen and oxygen atoms in total. The summed E-state index contributed by atoms with van der Waals surface area (Å²) in [6.45, 7) is 3.86. The van der Waals surface area contributed by atoms with Crippen LogP contribution >= 0.6 is 0 Å². The van der Waals surface area contributed by atoms with Crippen molar-refractivity contribution in [3.8, 4) is 17.2 Å². The first-order chi connectivity index (χ1) is 14.7. The Morgan fingerprint density at radius 3 is 2.77 bits per heavy atom. The van der Waals surface area contributed by atoms with Gasteiger partial charge in [0, 0.05) is 32.2 Å². The van der Waals surface area contributed by atoms with E-state index in [0.717, 1.165) is 42.2 Å². The highest BCUT2D eigenvalue weighted by atomic mass is 16.6. The van der Waals surface area contributed by atoms with Gasteiger partial charge in [-0.1, -0.05) is 12.1 Å². The molecule has 8 heteroatoms. The van der Waals surface area contributed by atoms with Crippen LogP contribution in [-0.4, -0.2) is 71.7 Å². The number of rotatable bonds is 4. The van der Waals surface area contributed by atoms with E-state index < -0.39 is 6.10 Å². The minimum Gasteiger partial charge on any atom is -0.497 e. The fraction of sp³-hybridized carbons (Fsp3) is 0.364. The van der Waals surface area contributed by atoms with E-state index in [-0.39, 0.29) is 12.5 Å². The molecule has 1 N–H and O–H groups in total. The Morgan fingerprint density at radius 2 is 1.97 bits per heavy atom. The van der Waals surface area contributed by atoms with Gasteiger partial charge >= 0.3 is 0 Å². The highest BCUT2D eigenvalue weighted by Gasteiger charge is 2.32. The van der Waals surface area contributed by atoms with Crippen molar-refractivity contribution >= 4 is 16.9 Å². The summed E-state index contributed by atoms with van der Waals surface area (Å²) in [7, 11) is 1.66. The van der Waals surface area contributed by atoms with Gasteiger partial charge in [-0.2, -0.15) is 0 Å². The predicted molar refractivity (Wildman–Crippen MR) is 111 cm³/mol. The maximum Gasteiger partial charge on any atom is 0.267 e. The predicted octanol–water partition coefficient (Wildman–Crippen LogP) is 2.06. The average molecular weight is 408 g/mol. The Hall–Kier alpha value is -3.26. The molecule has 0 saturated carbocycles. The molecule has 1 aromatic heterocycles. The van der Waals surface area contributed by atoms with Gasteiger partial charge in [0.1, 0.15) is 18.2 Å². The molecule has 1 amide bonds. The molecule has 2 aliphatic heterocycles. The number of ether oxygens (including phenoxy) is 3. The van der Waals surface area contributed by atoms with Gasteiger partial charge in [-0.15, -0.1) is 0 Å². The Balaban J connectivity index is 1.17. The number of aromatic nitrogens is 2. The van der Waals surface area contributed by atoms with Gasteiger partial charge in [-0.05, 0) is 24.3 Å². The summed E-state index contributed by atoms with van der Waals surface area (Å²) in [4.78, 5) is 25.1.